The summed E-state index contributed by atoms with van der Waals surface area (Å²) in [5.74, 6) is 0. The van der Waals surface area contributed by atoms with E-state index in [4.69, 9.17) is 0 Å². The van der Waals surface area contributed by atoms with Gasteiger partial charge in [0.1, 0.15) is 0 Å². The third-order valence-electron chi connectivity index (χ3n) is 8.24. The number of nitrogens with zero attached hydrogens (tertiary/aromatic N) is 2. The fourth-order valence-corrected chi connectivity index (χ4v) is 7.08. The average Bonchev–Trinajstić information content (AvgIpc) is 3.32. The van der Waals surface area contributed by atoms with Gasteiger partial charge in [-0.25, -0.2) is 0 Å². The van der Waals surface area contributed by atoms with E-state index >= 15 is 0 Å². The van der Waals surface area contributed by atoms with Gasteiger partial charge in [-0.05, 0) is 111 Å². The van der Waals surface area contributed by atoms with Gasteiger partial charge < -0.3 is 4.90 Å². The zero-order valence-corrected chi connectivity index (χ0v) is 23.9. The minimum atomic E-state index is 0.968. The Kier molecular flexibility index (Phi) is 8.59. The predicted octanol–water partition coefficient (Wildman–Crippen LogP) is 8.55. The Morgan fingerprint density at radius 2 is 1.36 bits per heavy atom. The van der Waals surface area contributed by atoms with Gasteiger partial charge in [-0.3, -0.25) is 4.90 Å². The Morgan fingerprint density at radius 3 is 2.05 bits per heavy atom. The molecule has 4 aromatic rings. The molecular weight excluding hydrogens is 492 g/mol. The van der Waals surface area contributed by atoms with Crippen LogP contribution in [-0.4, -0.2) is 42.5 Å². The molecule has 1 aromatic heterocycles. The molecule has 3 aliphatic rings. The summed E-state index contributed by atoms with van der Waals surface area (Å²) in [6, 6.07) is 26.7. The van der Waals surface area contributed by atoms with E-state index in [0.717, 1.165) is 18.5 Å². The topological polar surface area (TPSA) is 6.48 Å². The molecule has 1 aliphatic carbocycles. The number of hydrogen-bond donors (Lipinski definition) is 0. The second-order valence-corrected chi connectivity index (χ2v) is 12.3. The summed E-state index contributed by atoms with van der Waals surface area (Å²) >= 11 is 1.90. The molecule has 200 valence electrons. The normalized spacial score (nSPS) is 17.3. The molecule has 2 fully saturated rings. The number of fused-ring (bicyclic) bond motifs is 1. The van der Waals surface area contributed by atoms with Gasteiger partial charge in [0.25, 0.3) is 0 Å². The first-order chi connectivity index (χ1) is 19.2. The first-order valence-corrected chi connectivity index (χ1v) is 15.5. The monoisotopic (exact) mass is 532 g/mol. The number of thiophene rings is 1. The molecule has 0 atom stereocenters. The van der Waals surface area contributed by atoms with Crippen molar-refractivity contribution in [1.29, 1.82) is 0 Å². The fourth-order valence-electron chi connectivity index (χ4n) is 5.85. The quantitative estimate of drug-likeness (QED) is 0.224. The summed E-state index contributed by atoms with van der Waals surface area (Å²) in [5, 5.41) is 1.38. The van der Waals surface area contributed by atoms with Crippen molar-refractivity contribution in [3.05, 3.63) is 120 Å². The van der Waals surface area contributed by atoms with Crippen LogP contribution in [0.1, 0.15) is 54.4 Å². The molecule has 0 N–H and O–H groups in total. The van der Waals surface area contributed by atoms with E-state index < -0.39 is 0 Å². The summed E-state index contributed by atoms with van der Waals surface area (Å²) in [6.07, 6.45) is 12.2. The van der Waals surface area contributed by atoms with Crippen LogP contribution in [-0.2, 0) is 13.0 Å². The van der Waals surface area contributed by atoms with Crippen molar-refractivity contribution in [2.75, 3.05) is 32.7 Å². The number of rotatable bonds is 8. The minimum absolute atomic E-state index is 0.968. The summed E-state index contributed by atoms with van der Waals surface area (Å²) in [4.78, 5) is 6.51. The van der Waals surface area contributed by atoms with Crippen LogP contribution in [0, 0.1) is 13.3 Å². The van der Waals surface area contributed by atoms with Crippen LogP contribution in [0.4, 0.5) is 0 Å². The SMILES string of the molecule is [CH2]c1ccc(-c2sc3ccccc3c2Cc2ccc(CN3CCCC3)cc2)cc1.[CH]1C=C1CCN1CCCC1. The van der Waals surface area contributed by atoms with Gasteiger partial charge in [-0.1, -0.05) is 78.4 Å². The van der Waals surface area contributed by atoms with Crippen molar-refractivity contribution in [3.8, 4) is 10.4 Å². The average molecular weight is 533 g/mol. The van der Waals surface area contributed by atoms with E-state index in [9.17, 15) is 0 Å². The van der Waals surface area contributed by atoms with Gasteiger partial charge >= 0.3 is 0 Å². The lowest BCUT2D eigenvalue weighted by Crippen LogP contribution is -2.19. The maximum Gasteiger partial charge on any atom is 0.0390 e. The van der Waals surface area contributed by atoms with E-state index in [1.807, 2.05) is 11.3 Å². The minimum Gasteiger partial charge on any atom is -0.303 e. The first kappa shape index (κ1) is 26.5. The molecule has 39 heavy (non-hydrogen) atoms. The van der Waals surface area contributed by atoms with Crippen molar-refractivity contribution < 1.29 is 0 Å². The van der Waals surface area contributed by atoms with E-state index in [-0.39, 0.29) is 0 Å². The van der Waals surface area contributed by atoms with Gasteiger partial charge in [0.2, 0.25) is 0 Å². The van der Waals surface area contributed by atoms with E-state index in [2.05, 4.69) is 102 Å². The molecule has 0 amide bonds. The summed E-state index contributed by atoms with van der Waals surface area (Å²) in [6.45, 7) is 11.6. The van der Waals surface area contributed by atoms with E-state index in [0.29, 0.717) is 0 Å². The van der Waals surface area contributed by atoms with Crippen LogP contribution in [0.3, 0.4) is 0 Å². The Hall–Kier alpha value is -2.72. The highest BCUT2D eigenvalue weighted by atomic mass is 32.1. The Labute approximate surface area is 239 Å². The zero-order chi connectivity index (χ0) is 26.4. The third-order valence-corrected chi connectivity index (χ3v) is 9.50. The molecule has 0 spiro atoms. The molecule has 2 aliphatic heterocycles. The predicted molar refractivity (Wildman–Crippen MR) is 168 cm³/mol. The molecule has 3 heteroatoms. The van der Waals surface area contributed by atoms with Gasteiger partial charge in [-0.15, -0.1) is 11.3 Å². The van der Waals surface area contributed by atoms with Crippen LogP contribution in [0.5, 0.6) is 0 Å². The van der Waals surface area contributed by atoms with Crippen molar-refractivity contribution in [1.82, 2.24) is 9.80 Å². The lowest BCUT2D eigenvalue weighted by molar-refractivity contribution is 0.331. The number of benzene rings is 3. The molecule has 2 nitrogen and oxygen atoms in total. The largest absolute Gasteiger partial charge is 0.303 e. The highest BCUT2D eigenvalue weighted by Gasteiger charge is 2.16. The van der Waals surface area contributed by atoms with Crippen LogP contribution >= 0.6 is 11.3 Å². The number of likely N-dealkylation sites (tertiary alicyclic amines) is 2. The summed E-state index contributed by atoms with van der Waals surface area (Å²) < 4.78 is 1.36. The molecule has 0 bridgehead atoms. The molecule has 2 saturated heterocycles. The molecule has 3 aromatic carbocycles. The lowest BCUT2D eigenvalue weighted by atomic mass is 9.98. The standard InChI is InChI=1S/C27H26NS.C9H14N/c1-20-8-14-23(15-9-20)27-25(24-6-2-3-7-26(24)29-27)18-21-10-12-22(13-11-21)19-28-16-4-5-17-28;1-2-7-10(6-1)8-5-9-3-4-9/h2-3,6-15H,1,4-5,16-19H2;3-4H,1-2,5-8H2. The number of allylic oxidation sites excluding steroid dienone is 1. The molecule has 3 heterocycles. The Bertz CT molecular complexity index is 1380. The Balaban J connectivity index is 0.000000231. The summed E-state index contributed by atoms with van der Waals surface area (Å²) in [7, 11) is 0. The highest BCUT2D eigenvalue weighted by molar-refractivity contribution is 7.22. The van der Waals surface area contributed by atoms with Gasteiger partial charge in [0.15, 0.2) is 0 Å². The van der Waals surface area contributed by atoms with Crippen molar-refractivity contribution in [2.45, 2.75) is 45.1 Å². The maximum atomic E-state index is 4.03. The van der Waals surface area contributed by atoms with Gasteiger partial charge in [-0.2, -0.15) is 0 Å². The van der Waals surface area contributed by atoms with Gasteiger partial charge in [0.05, 0.1) is 0 Å². The van der Waals surface area contributed by atoms with Gasteiger partial charge in [0, 0.05) is 29.1 Å². The molecule has 0 unspecified atom stereocenters. The van der Waals surface area contributed by atoms with Crippen LogP contribution in [0.2, 0.25) is 0 Å². The lowest BCUT2D eigenvalue weighted by Gasteiger charge is -2.14. The van der Waals surface area contributed by atoms with Crippen LogP contribution < -0.4 is 0 Å². The second kappa shape index (κ2) is 12.6. The molecule has 7 rings (SSSR count). The highest BCUT2D eigenvalue weighted by Crippen LogP contribution is 2.40. The Morgan fingerprint density at radius 1 is 0.718 bits per heavy atom. The smallest absolute Gasteiger partial charge is 0.0390 e. The van der Waals surface area contributed by atoms with E-state index in [1.54, 1.807) is 5.57 Å². The first-order valence-electron chi connectivity index (χ1n) is 14.7. The molecule has 2 radical (unpaired) electrons. The van der Waals surface area contributed by atoms with E-state index in [1.165, 1.54) is 102 Å². The summed E-state index contributed by atoms with van der Waals surface area (Å²) in [5.41, 5.74) is 8.16. The molecular formula is C36H40N2S. The van der Waals surface area contributed by atoms with Crippen molar-refractivity contribution >= 4 is 21.4 Å². The molecule has 0 saturated carbocycles. The third kappa shape index (κ3) is 7.08. The maximum absolute atomic E-state index is 4.03. The fraction of sp³-hybridized carbons (Fsp3) is 0.333. The van der Waals surface area contributed by atoms with Crippen LogP contribution in [0.25, 0.3) is 20.5 Å². The second-order valence-electron chi connectivity index (χ2n) is 11.3. The van der Waals surface area contributed by atoms with Crippen molar-refractivity contribution in [3.63, 3.8) is 0 Å². The van der Waals surface area contributed by atoms with Crippen molar-refractivity contribution in [2.24, 2.45) is 0 Å². The zero-order valence-electron chi connectivity index (χ0n) is 23.1. The van der Waals surface area contributed by atoms with Crippen LogP contribution in [0.15, 0.2) is 84.4 Å². The number of hydrogen-bond acceptors (Lipinski definition) is 3.